The molecule has 1 fully saturated rings. The molecule has 7 nitrogen and oxygen atoms in total. The Bertz CT molecular complexity index is 1050. The number of amides is 4. The van der Waals surface area contributed by atoms with Crippen molar-refractivity contribution in [2.45, 2.75) is 12.4 Å². The zero-order chi connectivity index (χ0) is 25.1. The average molecular weight is 489 g/mol. The second kappa shape index (κ2) is 9.79. The van der Waals surface area contributed by atoms with Gasteiger partial charge in [0.25, 0.3) is 0 Å². The van der Waals surface area contributed by atoms with Crippen molar-refractivity contribution >= 4 is 29.1 Å². The molecule has 1 heterocycles. The van der Waals surface area contributed by atoms with Crippen LogP contribution in [-0.2, 0) is 12.4 Å². The van der Waals surface area contributed by atoms with E-state index >= 15 is 0 Å². The number of nitrogens with zero attached hydrogens (tertiary/aromatic N) is 2. The molecule has 0 aliphatic carbocycles. The lowest BCUT2D eigenvalue weighted by Crippen LogP contribution is -2.48. The first-order valence-electron chi connectivity index (χ1n) is 10.0. The monoisotopic (exact) mass is 489 g/mol. The van der Waals surface area contributed by atoms with Crippen molar-refractivity contribution in [3.05, 3.63) is 53.6 Å². The second-order valence-electron chi connectivity index (χ2n) is 7.64. The number of urea groups is 2. The molecule has 0 spiro atoms. The molecule has 4 amide bonds. The van der Waals surface area contributed by atoms with Gasteiger partial charge in [0.15, 0.2) is 0 Å². The van der Waals surface area contributed by atoms with E-state index in [4.69, 9.17) is 0 Å². The Balaban J connectivity index is 1.72. The summed E-state index contributed by atoms with van der Waals surface area (Å²) in [7, 11) is 1.87. The lowest BCUT2D eigenvalue weighted by Gasteiger charge is -2.32. The van der Waals surface area contributed by atoms with Crippen LogP contribution in [0.25, 0.3) is 0 Å². The van der Waals surface area contributed by atoms with Crippen molar-refractivity contribution in [3.8, 4) is 0 Å². The van der Waals surface area contributed by atoms with Crippen molar-refractivity contribution in [3.63, 3.8) is 0 Å². The highest BCUT2D eigenvalue weighted by Gasteiger charge is 2.35. The van der Waals surface area contributed by atoms with Gasteiger partial charge in [0.05, 0.1) is 16.8 Å². The zero-order valence-corrected chi connectivity index (χ0v) is 17.8. The van der Waals surface area contributed by atoms with Crippen LogP contribution in [0.3, 0.4) is 0 Å². The number of hydrogen-bond acceptors (Lipinski definition) is 3. The first-order valence-corrected chi connectivity index (χ1v) is 10.0. The van der Waals surface area contributed by atoms with Gasteiger partial charge in [-0.3, -0.25) is 0 Å². The van der Waals surface area contributed by atoms with Gasteiger partial charge >= 0.3 is 24.4 Å². The molecule has 0 unspecified atom stereocenters. The Morgan fingerprint density at radius 3 is 2.00 bits per heavy atom. The Morgan fingerprint density at radius 1 is 0.794 bits per heavy atom. The number of rotatable bonds is 3. The maximum absolute atomic E-state index is 13.6. The molecule has 1 saturated heterocycles. The lowest BCUT2D eigenvalue weighted by molar-refractivity contribution is -0.138. The van der Waals surface area contributed by atoms with E-state index in [0.29, 0.717) is 38.3 Å². The quantitative estimate of drug-likeness (QED) is 0.522. The van der Waals surface area contributed by atoms with Crippen molar-refractivity contribution in [1.29, 1.82) is 0 Å². The maximum Gasteiger partial charge on any atom is 0.418 e. The van der Waals surface area contributed by atoms with Crippen LogP contribution in [-0.4, -0.2) is 55.1 Å². The van der Waals surface area contributed by atoms with Crippen LogP contribution < -0.4 is 16.0 Å². The van der Waals surface area contributed by atoms with Gasteiger partial charge in [-0.1, -0.05) is 6.07 Å². The van der Waals surface area contributed by atoms with Crippen molar-refractivity contribution in [2.75, 3.05) is 49.2 Å². The third-order valence-electron chi connectivity index (χ3n) is 5.06. The Hall–Kier alpha value is -3.48. The summed E-state index contributed by atoms with van der Waals surface area (Å²) in [6, 6.07) is 4.84. The van der Waals surface area contributed by atoms with Crippen molar-refractivity contribution < 1.29 is 35.9 Å². The van der Waals surface area contributed by atoms with Gasteiger partial charge in [0, 0.05) is 37.6 Å². The first-order chi connectivity index (χ1) is 15.8. The van der Waals surface area contributed by atoms with Gasteiger partial charge in [-0.05, 0) is 43.4 Å². The van der Waals surface area contributed by atoms with Gasteiger partial charge in [-0.15, -0.1) is 0 Å². The SMILES string of the molecule is CN1CCN(C(=O)Nc2ccc(NC(=O)Nc3cccc(C(F)(F)F)c3)cc2C(F)(F)F)CC1. The van der Waals surface area contributed by atoms with Crippen LogP contribution in [0.5, 0.6) is 0 Å². The number of carbonyl (C=O) groups excluding carboxylic acids is 2. The molecule has 0 atom stereocenters. The molecule has 0 aromatic heterocycles. The molecule has 2 aromatic carbocycles. The third-order valence-corrected chi connectivity index (χ3v) is 5.06. The Morgan fingerprint density at radius 2 is 1.41 bits per heavy atom. The van der Waals surface area contributed by atoms with Crippen LogP contribution in [0.1, 0.15) is 11.1 Å². The summed E-state index contributed by atoms with van der Waals surface area (Å²) in [5, 5.41) is 6.55. The van der Waals surface area contributed by atoms with E-state index in [1.807, 2.05) is 11.9 Å². The molecule has 0 bridgehead atoms. The minimum Gasteiger partial charge on any atom is -0.322 e. The number of carbonyl (C=O) groups is 2. The van der Waals surface area contributed by atoms with E-state index in [1.165, 1.54) is 11.0 Å². The predicted molar refractivity (Wildman–Crippen MR) is 114 cm³/mol. The van der Waals surface area contributed by atoms with Gasteiger partial charge in [0.2, 0.25) is 0 Å². The largest absolute Gasteiger partial charge is 0.418 e. The Labute approximate surface area is 190 Å². The smallest absolute Gasteiger partial charge is 0.322 e. The summed E-state index contributed by atoms with van der Waals surface area (Å²) in [6.45, 7) is 1.89. The Kier molecular flexibility index (Phi) is 7.24. The van der Waals surface area contributed by atoms with E-state index in [0.717, 1.165) is 24.3 Å². The number of piperazine rings is 1. The highest BCUT2D eigenvalue weighted by atomic mass is 19.4. The summed E-state index contributed by atoms with van der Waals surface area (Å²) < 4.78 is 79.2. The molecular weight excluding hydrogens is 468 g/mol. The molecule has 13 heteroatoms. The minimum atomic E-state index is -4.85. The summed E-state index contributed by atoms with van der Waals surface area (Å²) >= 11 is 0. The molecule has 184 valence electrons. The number of nitrogens with one attached hydrogen (secondary N) is 3. The fraction of sp³-hybridized carbons (Fsp3) is 0.333. The normalized spacial score (nSPS) is 15.1. The standard InChI is InChI=1S/C21H21F6N5O2/c1-31-7-9-32(10-8-31)19(34)30-17-6-5-15(12-16(17)21(25,26)27)29-18(33)28-14-4-2-3-13(11-14)20(22,23)24/h2-6,11-12H,7-10H2,1H3,(H,30,34)(H2,28,29,33). The first kappa shape index (κ1) is 25.1. The lowest BCUT2D eigenvalue weighted by atomic mass is 10.1. The van der Waals surface area contributed by atoms with Crippen LogP contribution in [0, 0.1) is 0 Å². The highest BCUT2D eigenvalue weighted by Crippen LogP contribution is 2.37. The maximum atomic E-state index is 13.6. The molecule has 0 radical (unpaired) electrons. The number of hydrogen-bond donors (Lipinski definition) is 3. The number of benzene rings is 2. The predicted octanol–water partition coefficient (Wildman–Crippen LogP) is 5.15. The summed E-state index contributed by atoms with van der Waals surface area (Å²) in [6.07, 6.45) is -9.47. The van der Waals surface area contributed by atoms with E-state index in [2.05, 4.69) is 16.0 Å². The molecule has 1 aliphatic rings. The molecule has 2 aromatic rings. The van der Waals surface area contributed by atoms with Crippen LogP contribution in [0.4, 0.5) is 53.0 Å². The van der Waals surface area contributed by atoms with Crippen LogP contribution in [0.15, 0.2) is 42.5 Å². The summed E-state index contributed by atoms with van der Waals surface area (Å²) in [4.78, 5) is 27.9. The van der Waals surface area contributed by atoms with Gasteiger partial charge in [0.1, 0.15) is 0 Å². The molecule has 3 N–H and O–H groups in total. The van der Waals surface area contributed by atoms with Gasteiger partial charge in [-0.25, -0.2) is 9.59 Å². The van der Waals surface area contributed by atoms with E-state index in [9.17, 15) is 35.9 Å². The molecule has 34 heavy (non-hydrogen) atoms. The fourth-order valence-electron chi connectivity index (χ4n) is 3.24. The number of anilines is 3. The zero-order valence-electron chi connectivity index (χ0n) is 17.8. The molecular formula is C21H21F6N5O2. The average Bonchev–Trinajstić information content (AvgIpc) is 2.74. The van der Waals surface area contributed by atoms with Crippen LogP contribution in [0.2, 0.25) is 0 Å². The van der Waals surface area contributed by atoms with Gasteiger partial charge in [-0.2, -0.15) is 26.3 Å². The van der Waals surface area contributed by atoms with Crippen molar-refractivity contribution in [2.24, 2.45) is 0 Å². The fourth-order valence-corrected chi connectivity index (χ4v) is 3.24. The summed E-state index contributed by atoms with van der Waals surface area (Å²) in [5.74, 6) is 0. The van der Waals surface area contributed by atoms with Gasteiger partial charge < -0.3 is 25.8 Å². The molecule has 1 aliphatic heterocycles. The molecule has 0 saturated carbocycles. The minimum absolute atomic E-state index is 0.195. The van der Waals surface area contributed by atoms with E-state index in [-0.39, 0.29) is 11.4 Å². The summed E-state index contributed by atoms with van der Waals surface area (Å²) in [5.41, 5.74) is -3.13. The van der Waals surface area contributed by atoms with E-state index in [1.54, 1.807) is 0 Å². The third kappa shape index (κ3) is 6.53. The second-order valence-corrected chi connectivity index (χ2v) is 7.64. The number of alkyl halides is 6. The number of likely N-dealkylation sites (N-methyl/N-ethyl adjacent to an activating group) is 1. The highest BCUT2D eigenvalue weighted by molar-refractivity contribution is 6.00. The number of halogens is 6. The van der Waals surface area contributed by atoms with E-state index < -0.39 is 41.2 Å². The van der Waals surface area contributed by atoms with Crippen molar-refractivity contribution in [1.82, 2.24) is 9.80 Å². The topological polar surface area (TPSA) is 76.7 Å². The van der Waals surface area contributed by atoms with Crippen LogP contribution >= 0.6 is 0 Å². The molecule has 3 rings (SSSR count).